The number of hydrogen-bond acceptors (Lipinski definition) is 4. The fourth-order valence-corrected chi connectivity index (χ4v) is 1.97. The van der Waals surface area contributed by atoms with Crippen LogP contribution in [0.25, 0.3) is 6.08 Å². The Kier molecular flexibility index (Phi) is 2.27. The zero-order valence-corrected chi connectivity index (χ0v) is 9.14. The van der Waals surface area contributed by atoms with Crippen molar-refractivity contribution in [3.63, 3.8) is 0 Å². The molecule has 1 aliphatic carbocycles. The molecule has 84 valence electrons. The Morgan fingerprint density at radius 1 is 1.24 bits per heavy atom. The monoisotopic (exact) mass is 224 g/mol. The predicted molar refractivity (Wildman–Crippen MR) is 68.6 cm³/mol. The summed E-state index contributed by atoms with van der Waals surface area (Å²) in [5, 5.41) is 4.35. The van der Waals surface area contributed by atoms with Crippen molar-refractivity contribution in [2.75, 3.05) is 0 Å². The van der Waals surface area contributed by atoms with Crippen LogP contribution < -0.4 is 16.7 Å². The highest BCUT2D eigenvalue weighted by atomic mass is 15.4. The molecule has 0 spiro atoms. The number of nitrogens with one attached hydrogen (secondary N) is 2. The molecule has 2 aliphatic rings. The van der Waals surface area contributed by atoms with E-state index in [1.165, 1.54) is 0 Å². The number of hydrazine groups is 1. The second-order valence-corrected chi connectivity index (χ2v) is 3.84. The Balaban J connectivity index is 2.13. The third-order valence-corrected chi connectivity index (χ3v) is 2.78. The third kappa shape index (κ3) is 1.64. The highest BCUT2D eigenvalue weighted by molar-refractivity contribution is 6.17. The van der Waals surface area contributed by atoms with Gasteiger partial charge in [-0.15, -0.1) is 0 Å². The molecule has 17 heavy (non-hydrogen) atoms. The van der Waals surface area contributed by atoms with Gasteiger partial charge in [-0.1, -0.05) is 42.5 Å². The molecule has 0 saturated heterocycles. The fraction of sp³-hybridized carbons (Fsp3) is 0. The molecule has 0 amide bonds. The first kappa shape index (κ1) is 9.86. The van der Waals surface area contributed by atoms with Gasteiger partial charge < -0.3 is 5.43 Å². The van der Waals surface area contributed by atoms with Gasteiger partial charge in [0, 0.05) is 11.1 Å². The van der Waals surface area contributed by atoms with Crippen LogP contribution in [-0.2, 0) is 0 Å². The first-order chi connectivity index (χ1) is 8.38. The van der Waals surface area contributed by atoms with Gasteiger partial charge in [0.25, 0.3) is 0 Å². The normalized spacial score (nSPS) is 16.6. The number of hydrogen-bond donors (Lipinski definition) is 3. The van der Waals surface area contributed by atoms with Crippen molar-refractivity contribution >= 4 is 11.8 Å². The summed E-state index contributed by atoms with van der Waals surface area (Å²) < 4.78 is 0. The molecule has 1 aromatic carbocycles. The molecule has 0 atom stereocenters. The summed E-state index contributed by atoms with van der Waals surface area (Å²) in [4.78, 5) is 0. The average molecular weight is 224 g/mol. The Bertz CT molecular complexity index is 579. The Labute approximate surface area is 99.2 Å². The summed E-state index contributed by atoms with van der Waals surface area (Å²) in [5.41, 5.74) is 9.70. The SMILES string of the molecule is NNC1=CC2=CC=Cc3ccccc3C2=NN1. The minimum atomic E-state index is 0.688. The largest absolute Gasteiger partial charge is 0.309 e. The quantitative estimate of drug-likeness (QED) is 0.497. The Morgan fingerprint density at radius 3 is 3.00 bits per heavy atom. The van der Waals surface area contributed by atoms with Gasteiger partial charge in [-0.25, -0.2) is 5.84 Å². The predicted octanol–water partition coefficient (Wildman–Crippen LogP) is 1.25. The fourth-order valence-electron chi connectivity index (χ4n) is 1.97. The summed E-state index contributed by atoms with van der Waals surface area (Å²) in [6.07, 6.45) is 8.06. The molecule has 0 radical (unpaired) electrons. The van der Waals surface area contributed by atoms with E-state index in [0.29, 0.717) is 5.82 Å². The molecule has 3 rings (SSSR count). The van der Waals surface area contributed by atoms with E-state index in [9.17, 15) is 0 Å². The van der Waals surface area contributed by atoms with Gasteiger partial charge in [0.2, 0.25) is 0 Å². The van der Waals surface area contributed by atoms with Crippen LogP contribution in [0.1, 0.15) is 11.1 Å². The zero-order chi connectivity index (χ0) is 11.7. The first-order valence-electron chi connectivity index (χ1n) is 5.38. The number of allylic oxidation sites excluding steroid dienone is 4. The average Bonchev–Trinajstić information content (AvgIpc) is 2.57. The third-order valence-electron chi connectivity index (χ3n) is 2.78. The number of nitrogens with two attached hydrogens (primary N) is 1. The van der Waals surface area contributed by atoms with E-state index in [4.69, 9.17) is 5.84 Å². The van der Waals surface area contributed by atoms with E-state index in [-0.39, 0.29) is 0 Å². The zero-order valence-electron chi connectivity index (χ0n) is 9.14. The van der Waals surface area contributed by atoms with Crippen LogP contribution >= 0.6 is 0 Å². The van der Waals surface area contributed by atoms with Crippen LogP contribution in [-0.4, -0.2) is 5.71 Å². The summed E-state index contributed by atoms with van der Waals surface area (Å²) >= 11 is 0. The van der Waals surface area contributed by atoms with Crippen LogP contribution in [0.15, 0.2) is 59.0 Å². The maximum atomic E-state index is 5.36. The Morgan fingerprint density at radius 2 is 2.12 bits per heavy atom. The van der Waals surface area contributed by atoms with Crippen LogP contribution in [0.5, 0.6) is 0 Å². The molecule has 4 N–H and O–H groups in total. The van der Waals surface area contributed by atoms with E-state index < -0.39 is 0 Å². The molecular weight excluding hydrogens is 212 g/mol. The maximum Gasteiger partial charge on any atom is 0.134 e. The van der Waals surface area contributed by atoms with Crippen molar-refractivity contribution in [3.05, 3.63) is 65.0 Å². The van der Waals surface area contributed by atoms with Gasteiger partial charge in [0.15, 0.2) is 0 Å². The van der Waals surface area contributed by atoms with Gasteiger partial charge in [-0.05, 0) is 11.6 Å². The topological polar surface area (TPSA) is 62.4 Å². The second-order valence-electron chi connectivity index (χ2n) is 3.84. The van der Waals surface area contributed by atoms with Gasteiger partial charge >= 0.3 is 0 Å². The molecule has 1 aliphatic heterocycles. The van der Waals surface area contributed by atoms with Crippen LogP contribution in [0.4, 0.5) is 0 Å². The van der Waals surface area contributed by atoms with Crippen molar-refractivity contribution in [3.8, 4) is 0 Å². The van der Waals surface area contributed by atoms with Crippen molar-refractivity contribution in [2.24, 2.45) is 10.9 Å². The Hall–Kier alpha value is -2.33. The van der Waals surface area contributed by atoms with Gasteiger partial charge in [-0.2, -0.15) is 5.10 Å². The lowest BCUT2D eigenvalue weighted by Crippen LogP contribution is -2.32. The summed E-state index contributed by atoms with van der Waals surface area (Å²) in [5.74, 6) is 6.05. The van der Waals surface area contributed by atoms with Gasteiger partial charge in [-0.3, -0.25) is 5.43 Å². The number of nitrogens with zero attached hydrogens (tertiary/aromatic N) is 1. The minimum absolute atomic E-state index is 0.688. The lowest BCUT2D eigenvalue weighted by atomic mass is 9.98. The molecule has 0 fully saturated rings. The van der Waals surface area contributed by atoms with Crippen molar-refractivity contribution in [1.29, 1.82) is 0 Å². The molecule has 0 bridgehead atoms. The van der Waals surface area contributed by atoms with Crippen LogP contribution in [0, 0.1) is 0 Å². The van der Waals surface area contributed by atoms with E-state index in [0.717, 1.165) is 22.4 Å². The van der Waals surface area contributed by atoms with Gasteiger partial charge in [0.05, 0.1) is 5.71 Å². The van der Waals surface area contributed by atoms with Gasteiger partial charge in [0.1, 0.15) is 5.82 Å². The minimum Gasteiger partial charge on any atom is -0.309 e. The van der Waals surface area contributed by atoms with Crippen LogP contribution in [0.3, 0.4) is 0 Å². The molecule has 4 nitrogen and oxygen atoms in total. The van der Waals surface area contributed by atoms with Crippen molar-refractivity contribution < 1.29 is 0 Å². The van der Waals surface area contributed by atoms with Crippen LogP contribution in [0.2, 0.25) is 0 Å². The molecule has 0 unspecified atom stereocenters. The molecule has 1 aromatic rings. The number of rotatable bonds is 1. The highest BCUT2D eigenvalue weighted by Crippen LogP contribution is 2.22. The van der Waals surface area contributed by atoms with E-state index in [1.807, 2.05) is 30.4 Å². The number of benzene rings is 1. The van der Waals surface area contributed by atoms with E-state index in [1.54, 1.807) is 0 Å². The maximum absolute atomic E-state index is 5.36. The summed E-state index contributed by atoms with van der Waals surface area (Å²) in [6.45, 7) is 0. The molecule has 1 heterocycles. The standard InChI is InChI=1S/C13H12N4/c14-15-12-8-10-6-3-5-9-4-1-2-7-11(9)13(10)17-16-12/h1-8,15-16H,14H2. The van der Waals surface area contributed by atoms with E-state index in [2.05, 4.69) is 34.2 Å². The van der Waals surface area contributed by atoms with E-state index >= 15 is 0 Å². The molecule has 4 heteroatoms. The number of fused-ring (bicyclic) bond motifs is 3. The lowest BCUT2D eigenvalue weighted by molar-refractivity contribution is 0.733. The lowest BCUT2D eigenvalue weighted by Gasteiger charge is -2.17. The number of hydrazone groups is 1. The summed E-state index contributed by atoms with van der Waals surface area (Å²) in [6, 6.07) is 8.17. The second kappa shape index (κ2) is 3.92. The molecular formula is C13H12N4. The first-order valence-corrected chi connectivity index (χ1v) is 5.38. The smallest absolute Gasteiger partial charge is 0.134 e. The molecule has 0 saturated carbocycles. The molecule has 0 aromatic heterocycles. The van der Waals surface area contributed by atoms with Crippen molar-refractivity contribution in [2.45, 2.75) is 0 Å². The van der Waals surface area contributed by atoms with Crippen molar-refractivity contribution in [1.82, 2.24) is 10.9 Å². The summed E-state index contributed by atoms with van der Waals surface area (Å²) in [7, 11) is 0. The highest BCUT2D eigenvalue weighted by Gasteiger charge is 2.17.